The van der Waals surface area contributed by atoms with Gasteiger partial charge in [0, 0.05) is 0 Å². The quantitative estimate of drug-likeness (QED) is 0.609. The first-order valence-electron chi connectivity index (χ1n) is 5.37. The van der Waals surface area contributed by atoms with E-state index in [9.17, 15) is 4.39 Å². The van der Waals surface area contributed by atoms with E-state index in [1.165, 1.54) is 6.07 Å². The molecule has 0 spiro atoms. The van der Waals surface area contributed by atoms with Crippen LogP contribution in [-0.4, -0.2) is 14.6 Å². The van der Waals surface area contributed by atoms with Gasteiger partial charge in [0.1, 0.15) is 5.82 Å². The highest BCUT2D eigenvalue weighted by molar-refractivity contribution is 5.61. The molecule has 3 aromatic rings. The third-order valence-electron chi connectivity index (χ3n) is 2.69. The summed E-state index contributed by atoms with van der Waals surface area (Å²) in [5.41, 5.74) is 1.58. The lowest BCUT2D eigenvalue weighted by molar-refractivity contribution is 0.629. The molecule has 0 N–H and O–H groups in total. The van der Waals surface area contributed by atoms with Crippen LogP contribution in [0.5, 0.6) is 0 Å². The summed E-state index contributed by atoms with van der Waals surface area (Å²) in [6, 6.07) is 11.7. The van der Waals surface area contributed by atoms with E-state index in [1.807, 2.05) is 0 Å². The van der Waals surface area contributed by atoms with E-state index in [0.717, 1.165) is 0 Å². The summed E-state index contributed by atoms with van der Waals surface area (Å²) in [5, 5.41) is 8.01. The Morgan fingerprint density at radius 2 is 1.89 bits per heavy atom. The topological polar surface area (TPSA) is 30.2 Å². The number of aromatic nitrogens is 3. The molecule has 0 aliphatic carbocycles. The number of hydrogen-bond donors (Lipinski definition) is 0. The zero-order valence-electron chi connectivity index (χ0n) is 9.34. The van der Waals surface area contributed by atoms with Gasteiger partial charge in [-0.25, -0.2) is 4.39 Å². The van der Waals surface area contributed by atoms with Crippen LogP contribution in [0.25, 0.3) is 17.0 Å². The van der Waals surface area contributed by atoms with Crippen molar-refractivity contribution in [3.8, 4) is 23.7 Å². The molecular formula is C14H8FN3. The number of terminal acetylenes is 1. The molecule has 0 radical (unpaired) electrons. The van der Waals surface area contributed by atoms with Gasteiger partial charge in [0.15, 0.2) is 11.5 Å². The van der Waals surface area contributed by atoms with Crippen molar-refractivity contribution >= 4 is 5.65 Å². The number of pyridine rings is 1. The van der Waals surface area contributed by atoms with E-state index in [-0.39, 0.29) is 5.82 Å². The van der Waals surface area contributed by atoms with E-state index in [1.54, 1.807) is 40.8 Å². The van der Waals surface area contributed by atoms with Crippen molar-refractivity contribution in [1.29, 1.82) is 0 Å². The lowest BCUT2D eigenvalue weighted by Crippen LogP contribution is -1.96. The van der Waals surface area contributed by atoms with Gasteiger partial charge in [0.25, 0.3) is 0 Å². The fourth-order valence-electron chi connectivity index (χ4n) is 1.87. The summed E-state index contributed by atoms with van der Waals surface area (Å²) in [6.45, 7) is 0. The fourth-order valence-corrected chi connectivity index (χ4v) is 1.87. The third kappa shape index (κ3) is 1.45. The molecule has 0 atom stereocenters. The predicted octanol–water partition coefficient (Wildman–Crippen LogP) is 2.52. The smallest absolute Gasteiger partial charge is 0.172 e. The Kier molecular flexibility index (Phi) is 2.31. The van der Waals surface area contributed by atoms with E-state index in [2.05, 4.69) is 16.1 Å². The van der Waals surface area contributed by atoms with Crippen LogP contribution in [0.4, 0.5) is 4.39 Å². The molecule has 2 aromatic heterocycles. The number of hydrogen-bond acceptors (Lipinski definition) is 2. The molecule has 18 heavy (non-hydrogen) atoms. The number of fused-ring (bicyclic) bond motifs is 1. The maximum absolute atomic E-state index is 13.8. The standard InChI is InChI=1S/C14H8FN3/c1-2-10-6-5-9-13-16-17-14(18(10)13)11-7-3-4-8-12(11)15/h1,3-9H. The van der Waals surface area contributed by atoms with Crippen molar-refractivity contribution < 1.29 is 4.39 Å². The number of nitrogens with zero attached hydrogens (tertiary/aromatic N) is 3. The van der Waals surface area contributed by atoms with Crippen molar-refractivity contribution in [2.45, 2.75) is 0 Å². The summed E-state index contributed by atoms with van der Waals surface area (Å²) in [6.07, 6.45) is 5.44. The maximum Gasteiger partial charge on any atom is 0.172 e. The SMILES string of the molecule is C#Cc1cccc2nnc(-c3ccccc3F)n12. The molecule has 0 saturated carbocycles. The average molecular weight is 237 g/mol. The summed E-state index contributed by atoms with van der Waals surface area (Å²) in [7, 11) is 0. The minimum Gasteiger partial charge on any atom is -0.267 e. The fraction of sp³-hybridized carbons (Fsp3) is 0. The highest BCUT2D eigenvalue weighted by Crippen LogP contribution is 2.22. The van der Waals surface area contributed by atoms with Crippen LogP contribution < -0.4 is 0 Å². The molecule has 0 amide bonds. The normalized spacial score (nSPS) is 10.4. The van der Waals surface area contributed by atoms with E-state index in [0.29, 0.717) is 22.7 Å². The van der Waals surface area contributed by atoms with Crippen molar-refractivity contribution in [2.24, 2.45) is 0 Å². The molecule has 3 rings (SSSR count). The van der Waals surface area contributed by atoms with Gasteiger partial charge < -0.3 is 0 Å². The highest BCUT2D eigenvalue weighted by atomic mass is 19.1. The third-order valence-corrected chi connectivity index (χ3v) is 2.69. The van der Waals surface area contributed by atoms with Crippen molar-refractivity contribution in [2.75, 3.05) is 0 Å². The van der Waals surface area contributed by atoms with Gasteiger partial charge in [0.2, 0.25) is 0 Å². The lowest BCUT2D eigenvalue weighted by atomic mass is 10.2. The van der Waals surface area contributed by atoms with Crippen LogP contribution >= 0.6 is 0 Å². The first-order chi connectivity index (χ1) is 8.81. The Bertz CT molecular complexity index is 768. The van der Waals surface area contributed by atoms with Gasteiger partial charge in [-0.15, -0.1) is 16.6 Å². The summed E-state index contributed by atoms with van der Waals surface area (Å²) in [5.74, 6) is 2.61. The molecule has 0 bridgehead atoms. The molecule has 2 heterocycles. The zero-order valence-corrected chi connectivity index (χ0v) is 9.34. The summed E-state index contributed by atoms with van der Waals surface area (Å²) < 4.78 is 15.4. The minimum absolute atomic E-state index is 0.348. The molecular weight excluding hydrogens is 229 g/mol. The predicted molar refractivity (Wildman–Crippen MR) is 66.3 cm³/mol. The molecule has 0 aliphatic rings. The monoisotopic (exact) mass is 237 g/mol. The minimum atomic E-state index is -0.348. The van der Waals surface area contributed by atoms with Crippen LogP contribution in [0.2, 0.25) is 0 Å². The van der Waals surface area contributed by atoms with Crippen LogP contribution in [-0.2, 0) is 0 Å². The molecule has 1 aromatic carbocycles. The van der Waals surface area contributed by atoms with Crippen molar-refractivity contribution in [3.05, 3.63) is 54.0 Å². The van der Waals surface area contributed by atoms with E-state index >= 15 is 0 Å². The Balaban J connectivity index is 2.38. The molecule has 3 nitrogen and oxygen atoms in total. The second kappa shape index (κ2) is 3.97. The largest absolute Gasteiger partial charge is 0.267 e. The Morgan fingerprint density at radius 3 is 2.67 bits per heavy atom. The molecule has 0 unspecified atom stereocenters. The van der Waals surface area contributed by atoms with Crippen LogP contribution in [0.3, 0.4) is 0 Å². The molecule has 0 saturated heterocycles. The summed E-state index contributed by atoms with van der Waals surface area (Å²) >= 11 is 0. The molecule has 4 heteroatoms. The van der Waals surface area contributed by atoms with Crippen molar-refractivity contribution in [3.63, 3.8) is 0 Å². The number of benzene rings is 1. The number of rotatable bonds is 1. The zero-order chi connectivity index (χ0) is 12.5. The van der Waals surface area contributed by atoms with Gasteiger partial charge in [-0.1, -0.05) is 24.1 Å². The van der Waals surface area contributed by atoms with Gasteiger partial charge in [0.05, 0.1) is 11.3 Å². The van der Waals surface area contributed by atoms with Gasteiger partial charge >= 0.3 is 0 Å². The van der Waals surface area contributed by atoms with Crippen molar-refractivity contribution in [1.82, 2.24) is 14.6 Å². The molecule has 86 valence electrons. The van der Waals surface area contributed by atoms with Crippen LogP contribution in [0, 0.1) is 18.2 Å². The first kappa shape index (κ1) is 10.5. The van der Waals surface area contributed by atoms with E-state index < -0.39 is 0 Å². The van der Waals surface area contributed by atoms with Crippen LogP contribution in [0.15, 0.2) is 42.5 Å². The number of halogens is 1. The van der Waals surface area contributed by atoms with Gasteiger partial charge in [-0.3, -0.25) is 4.40 Å². The van der Waals surface area contributed by atoms with Gasteiger partial charge in [-0.2, -0.15) is 0 Å². The van der Waals surface area contributed by atoms with Gasteiger partial charge in [-0.05, 0) is 24.3 Å². The Morgan fingerprint density at radius 1 is 1.06 bits per heavy atom. The molecule has 0 fully saturated rings. The Labute approximate surface area is 103 Å². The lowest BCUT2D eigenvalue weighted by Gasteiger charge is -2.03. The molecule has 0 aliphatic heterocycles. The average Bonchev–Trinajstić information content (AvgIpc) is 2.83. The van der Waals surface area contributed by atoms with E-state index in [4.69, 9.17) is 6.42 Å². The maximum atomic E-state index is 13.8. The highest BCUT2D eigenvalue weighted by Gasteiger charge is 2.13. The second-order valence-corrected chi connectivity index (χ2v) is 3.75. The second-order valence-electron chi connectivity index (χ2n) is 3.75. The summed E-state index contributed by atoms with van der Waals surface area (Å²) in [4.78, 5) is 0. The van der Waals surface area contributed by atoms with Crippen LogP contribution in [0.1, 0.15) is 5.69 Å². The first-order valence-corrected chi connectivity index (χ1v) is 5.37. The Hall–Kier alpha value is -2.67.